The smallest absolute Gasteiger partial charge is 0.376 e. The van der Waals surface area contributed by atoms with E-state index in [0.29, 0.717) is 41.1 Å². The molecule has 0 saturated heterocycles. The van der Waals surface area contributed by atoms with Crippen molar-refractivity contribution in [1.82, 2.24) is 39.5 Å². The molecule has 0 atom stereocenters. The Hall–Kier alpha value is -4.65. The summed E-state index contributed by atoms with van der Waals surface area (Å²) in [6, 6.07) is 15.4. The van der Waals surface area contributed by atoms with Crippen LogP contribution in [0.15, 0.2) is 60.9 Å². The number of hydrogen-bond acceptors (Lipinski definition) is 9. The summed E-state index contributed by atoms with van der Waals surface area (Å²) in [6.45, 7) is 2.06. The van der Waals surface area contributed by atoms with Gasteiger partial charge in [-0.25, -0.2) is 9.59 Å². The number of esters is 1. The van der Waals surface area contributed by atoms with Crippen molar-refractivity contribution in [2.24, 2.45) is 14.1 Å². The highest BCUT2D eigenvalue weighted by molar-refractivity contribution is 6.31. The van der Waals surface area contributed by atoms with Gasteiger partial charge in [0.25, 0.3) is 0 Å². The topological polar surface area (TPSA) is 151 Å². The quantitative estimate of drug-likeness (QED) is 0.176. The third-order valence-electron chi connectivity index (χ3n) is 6.73. The van der Waals surface area contributed by atoms with Crippen LogP contribution in [0.1, 0.15) is 65.8 Å². The van der Waals surface area contributed by atoms with Crippen molar-refractivity contribution in [2.75, 3.05) is 6.61 Å². The van der Waals surface area contributed by atoms with Crippen LogP contribution in [0.4, 0.5) is 0 Å². The zero-order valence-electron chi connectivity index (χ0n) is 24.3. The molecular formula is C32H35Cl3N8O4. The van der Waals surface area contributed by atoms with E-state index in [1.165, 1.54) is 4.57 Å². The Kier molecular flexibility index (Phi) is 13.8. The van der Waals surface area contributed by atoms with Crippen LogP contribution in [-0.4, -0.2) is 63.1 Å². The molecular weight excluding hydrogens is 667 g/mol. The van der Waals surface area contributed by atoms with Crippen LogP contribution in [-0.2, 0) is 31.7 Å². The Morgan fingerprint density at radius 1 is 0.745 bits per heavy atom. The Labute approximate surface area is 288 Å². The SMILES string of the molecule is C.C.CCOC(=O)c1nnc(Cc2ccc3ncc(Cl)cc3c2)n1C.Cl.Cn1c(Cc2ccc3ncc(Cl)cc3c2)nnc1C(=O)O. The predicted molar refractivity (Wildman–Crippen MR) is 185 cm³/mol. The third-order valence-corrected chi connectivity index (χ3v) is 7.14. The number of fused-ring (bicyclic) bond motifs is 2. The normalized spacial score (nSPS) is 10.2. The van der Waals surface area contributed by atoms with Gasteiger partial charge in [0.05, 0.1) is 27.7 Å². The van der Waals surface area contributed by atoms with Crippen molar-refractivity contribution in [3.63, 3.8) is 0 Å². The lowest BCUT2D eigenvalue weighted by Gasteiger charge is -2.05. The first-order chi connectivity index (χ1) is 21.1. The maximum absolute atomic E-state index is 11.8. The number of hydrogen-bond donors (Lipinski definition) is 1. The number of pyridine rings is 2. The van der Waals surface area contributed by atoms with Crippen LogP contribution in [0.25, 0.3) is 21.8 Å². The van der Waals surface area contributed by atoms with E-state index in [-0.39, 0.29) is 38.9 Å². The zero-order chi connectivity index (χ0) is 31.4. The number of aromatic carboxylic acids is 1. The molecule has 0 aliphatic rings. The number of carbonyl (C=O) groups excluding carboxylic acids is 1. The van der Waals surface area contributed by atoms with Gasteiger partial charge in [-0.15, -0.1) is 32.8 Å². The lowest BCUT2D eigenvalue weighted by atomic mass is 10.1. The maximum Gasteiger partial charge on any atom is 0.376 e. The van der Waals surface area contributed by atoms with E-state index in [1.54, 1.807) is 38.0 Å². The first kappa shape index (κ1) is 38.5. The predicted octanol–water partition coefficient (Wildman–Crippen LogP) is 6.78. The van der Waals surface area contributed by atoms with E-state index in [9.17, 15) is 9.59 Å². The van der Waals surface area contributed by atoms with Crippen LogP contribution in [0.5, 0.6) is 0 Å². The molecule has 4 aromatic heterocycles. The summed E-state index contributed by atoms with van der Waals surface area (Å²) in [7, 11) is 3.39. The molecule has 0 radical (unpaired) electrons. The summed E-state index contributed by atoms with van der Waals surface area (Å²) in [5.41, 5.74) is 3.75. The molecule has 2 aromatic carbocycles. The molecule has 0 aliphatic heterocycles. The van der Waals surface area contributed by atoms with Gasteiger partial charge in [0.1, 0.15) is 11.6 Å². The molecule has 12 nitrogen and oxygen atoms in total. The summed E-state index contributed by atoms with van der Waals surface area (Å²) in [5.74, 6) is -0.166. The van der Waals surface area contributed by atoms with Crippen molar-refractivity contribution in [1.29, 1.82) is 0 Å². The van der Waals surface area contributed by atoms with Gasteiger partial charge in [-0.1, -0.05) is 50.2 Å². The fourth-order valence-corrected chi connectivity index (χ4v) is 4.82. The average molecular weight is 702 g/mol. The van der Waals surface area contributed by atoms with Crippen LogP contribution >= 0.6 is 35.6 Å². The third kappa shape index (κ3) is 9.00. The summed E-state index contributed by atoms with van der Waals surface area (Å²) >= 11 is 11.9. The Morgan fingerprint density at radius 2 is 1.19 bits per heavy atom. The van der Waals surface area contributed by atoms with Gasteiger partial charge in [-0.3, -0.25) is 9.97 Å². The minimum atomic E-state index is -1.09. The molecule has 0 spiro atoms. The highest BCUT2D eigenvalue weighted by atomic mass is 35.5. The molecule has 0 unspecified atom stereocenters. The minimum absolute atomic E-state index is 0. The fraction of sp³-hybridized carbons (Fsp3) is 0.250. The molecule has 6 aromatic rings. The van der Waals surface area contributed by atoms with Gasteiger partial charge >= 0.3 is 11.9 Å². The fourth-order valence-electron chi connectivity index (χ4n) is 4.48. The molecule has 15 heteroatoms. The molecule has 0 aliphatic carbocycles. The van der Waals surface area contributed by atoms with E-state index in [0.717, 1.165) is 32.9 Å². The van der Waals surface area contributed by atoms with Crippen molar-refractivity contribution >= 4 is 69.4 Å². The Bertz CT molecular complexity index is 2010. The summed E-state index contributed by atoms with van der Waals surface area (Å²) in [5, 5.41) is 27.6. The van der Waals surface area contributed by atoms with E-state index >= 15 is 0 Å². The highest BCUT2D eigenvalue weighted by Crippen LogP contribution is 2.21. The van der Waals surface area contributed by atoms with Gasteiger partial charge in [-0.2, -0.15) is 0 Å². The molecule has 0 amide bonds. The number of halogens is 3. The van der Waals surface area contributed by atoms with Gasteiger partial charge in [0.15, 0.2) is 0 Å². The number of aromatic nitrogens is 8. The summed E-state index contributed by atoms with van der Waals surface area (Å²) in [4.78, 5) is 31.2. The minimum Gasteiger partial charge on any atom is -0.475 e. The van der Waals surface area contributed by atoms with Crippen molar-refractivity contribution in [3.05, 3.63) is 105 Å². The van der Waals surface area contributed by atoms with Gasteiger partial charge in [-0.05, 0) is 54.4 Å². The average Bonchev–Trinajstić information content (AvgIpc) is 3.54. The number of carboxylic acids is 1. The van der Waals surface area contributed by atoms with Crippen LogP contribution in [0, 0.1) is 0 Å². The maximum atomic E-state index is 11.8. The molecule has 4 heterocycles. The lowest BCUT2D eigenvalue weighted by Crippen LogP contribution is -2.12. The summed E-state index contributed by atoms with van der Waals surface area (Å²) < 4.78 is 8.08. The van der Waals surface area contributed by atoms with Crippen molar-refractivity contribution in [2.45, 2.75) is 34.6 Å². The van der Waals surface area contributed by atoms with Crippen LogP contribution in [0.2, 0.25) is 10.0 Å². The van der Waals surface area contributed by atoms with Gasteiger partial charge in [0.2, 0.25) is 11.6 Å². The highest BCUT2D eigenvalue weighted by Gasteiger charge is 2.18. The Balaban J connectivity index is 0.000000308. The van der Waals surface area contributed by atoms with Gasteiger partial charge < -0.3 is 19.0 Å². The second kappa shape index (κ2) is 16.8. The molecule has 1 N–H and O–H groups in total. The number of benzene rings is 2. The monoisotopic (exact) mass is 700 g/mol. The van der Waals surface area contributed by atoms with Crippen molar-refractivity contribution in [3.8, 4) is 0 Å². The first-order valence-corrected chi connectivity index (χ1v) is 14.1. The number of ether oxygens (including phenoxy) is 1. The molecule has 6 rings (SSSR count). The molecule has 248 valence electrons. The van der Waals surface area contributed by atoms with E-state index < -0.39 is 11.9 Å². The number of rotatable bonds is 7. The van der Waals surface area contributed by atoms with Crippen molar-refractivity contribution < 1.29 is 19.4 Å². The zero-order valence-corrected chi connectivity index (χ0v) is 26.6. The van der Waals surface area contributed by atoms with E-state index in [1.807, 2.05) is 48.5 Å². The second-order valence-electron chi connectivity index (χ2n) is 9.74. The van der Waals surface area contributed by atoms with Crippen LogP contribution < -0.4 is 0 Å². The molecule has 0 fully saturated rings. The Morgan fingerprint density at radius 3 is 1.62 bits per heavy atom. The largest absolute Gasteiger partial charge is 0.475 e. The first-order valence-electron chi connectivity index (χ1n) is 13.4. The number of carboxylic acid groups (broad SMARTS) is 1. The second-order valence-corrected chi connectivity index (χ2v) is 10.6. The lowest BCUT2D eigenvalue weighted by molar-refractivity contribution is 0.0506. The molecule has 0 bridgehead atoms. The van der Waals surface area contributed by atoms with E-state index in [4.69, 9.17) is 33.0 Å². The molecule has 0 saturated carbocycles. The van der Waals surface area contributed by atoms with E-state index in [2.05, 4.69) is 30.4 Å². The molecule has 47 heavy (non-hydrogen) atoms. The van der Waals surface area contributed by atoms with Crippen LogP contribution in [0.3, 0.4) is 0 Å². The standard InChI is InChI=1S/C16H15ClN4O2.C14H11ClN4O2.2CH4.ClH/c1-3-23-16(22)15-20-19-14(21(15)2)7-10-4-5-13-11(6-10)8-12(17)9-18-13;1-19-12(17-18-13(19)14(20)21)5-8-2-3-11-9(4-8)6-10(15)7-16-11;;;/h4-6,8-9H,3,7H2,1-2H3;2-4,6-7H,5H2,1H3,(H,20,21);2*1H4;1H. The van der Waals surface area contributed by atoms with Gasteiger partial charge in [0, 0.05) is 50.1 Å². The number of carbonyl (C=O) groups is 2. The number of nitrogens with zero attached hydrogens (tertiary/aromatic N) is 8. The summed E-state index contributed by atoms with van der Waals surface area (Å²) in [6.07, 6.45) is 4.26.